The van der Waals surface area contributed by atoms with E-state index in [4.69, 9.17) is 0 Å². The minimum absolute atomic E-state index is 0.360. The maximum atomic E-state index is 12.5. The van der Waals surface area contributed by atoms with Crippen LogP contribution >= 0.6 is 0 Å². The second-order valence-electron chi connectivity index (χ2n) is 12.3. The Hall–Kier alpha value is -1.07. The molecule has 1 aliphatic heterocycles. The largest absolute Gasteiger partial charge is 0.369 e. The van der Waals surface area contributed by atoms with E-state index in [0.29, 0.717) is 11.7 Å². The second-order valence-corrected chi connectivity index (χ2v) is 15.1. The van der Waals surface area contributed by atoms with E-state index in [1.807, 2.05) is 20.8 Å². The van der Waals surface area contributed by atoms with Gasteiger partial charge in [-0.05, 0) is 88.8 Å². The van der Waals surface area contributed by atoms with Crippen LogP contribution in [0.5, 0.6) is 0 Å². The molecular weight excluding hydrogens is 440 g/mol. The van der Waals surface area contributed by atoms with Crippen LogP contribution in [0.1, 0.15) is 90.5 Å². The number of benzene rings is 1. The van der Waals surface area contributed by atoms with E-state index in [0.717, 1.165) is 44.3 Å². The van der Waals surface area contributed by atoms with Gasteiger partial charge < -0.3 is 4.90 Å². The number of anilines is 1. The number of nitrogens with zero attached hydrogens (tertiary/aromatic N) is 2. The van der Waals surface area contributed by atoms with Crippen LogP contribution in [-0.4, -0.2) is 56.0 Å². The van der Waals surface area contributed by atoms with Gasteiger partial charge in [-0.2, -0.15) is 0 Å². The highest BCUT2D eigenvalue weighted by Crippen LogP contribution is 2.34. The van der Waals surface area contributed by atoms with Gasteiger partial charge in [0.05, 0.1) is 10.5 Å². The summed E-state index contributed by atoms with van der Waals surface area (Å²) in [6, 6.07) is 10.2. The zero-order valence-electron chi connectivity index (χ0n) is 22.0. The standard InChI is InChI=1S/C29H48N2O2S/c1-29(2,3)34(32,33)23-26-13-11-24(12-14-26)9-10-25-15-17-28(18-16-25)31-21-19-30(20-22-31)27-7-5-4-6-8-27/h15-18,24,26-27H,4-14,19-23H2,1-3H3. The summed E-state index contributed by atoms with van der Waals surface area (Å²) in [5.74, 6) is 1.49. The molecule has 34 heavy (non-hydrogen) atoms. The summed E-state index contributed by atoms with van der Waals surface area (Å²) in [5, 5.41) is 0. The highest BCUT2D eigenvalue weighted by atomic mass is 32.2. The van der Waals surface area contributed by atoms with Gasteiger partial charge in [-0.1, -0.05) is 44.2 Å². The van der Waals surface area contributed by atoms with Crippen molar-refractivity contribution in [2.24, 2.45) is 11.8 Å². The maximum absolute atomic E-state index is 12.5. The number of aryl methyl sites for hydroxylation is 1. The highest BCUT2D eigenvalue weighted by molar-refractivity contribution is 7.92. The number of sulfone groups is 1. The third-order valence-corrected chi connectivity index (χ3v) is 11.7. The van der Waals surface area contributed by atoms with Gasteiger partial charge in [0.2, 0.25) is 0 Å². The molecule has 1 saturated heterocycles. The molecule has 1 aromatic rings. The van der Waals surface area contributed by atoms with Gasteiger partial charge in [-0.15, -0.1) is 0 Å². The topological polar surface area (TPSA) is 40.6 Å². The number of hydrogen-bond donors (Lipinski definition) is 0. The summed E-state index contributed by atoms with van der Waals surface area (Å²) in [5.41, 5.74) is 2.83. The van der Waals surface area contributed by atoms with Gasteiger partial charge in [0, 0.05) is 37.9 Å². The van der Waals surface area contributed by atoms with Crippen molar-refractivity contribution in [3.8, 4) is 0 Å². The first-order valence-electron chi connectivity index (χ1n) is 14.0. The zero-order chi connectivity index (χ0) is 24.2. The third-order valence-electron chi connectivity index (χ3n) is 8.90. The zero-order valence-corrected chi connectivity index (χ0v) is 22.8. The van der Waals surface area contributed by atoms with Crippen LogP contribution in [0.2, 0.25) is 0 Å². The summed E-state index contributed by atoms with van der Waals surface area (Å²) in [6.45, 7) is 10.2. The molecule has 0 amide bonds. The molecule has 0 spiro atoms. The fourth-order valence-corrected chi connectivity index (χ4v) is 7.74. The molecule has 1 heterocycles. The molecule has 4 nitrogen and oxygen atoms in total. The SMILES string of the molecule is CC(C)(C)S(=O)(=O)CC1CCC(CCc2ccc(N3CCN(C4CCCCC4)CC3)cc2)CC1. The van der Waals surface area contributed by atoms with Gasteiger partial charge >= 0.3 is 0 Å². The van der Waals surface area contributed by atoms with Crippen molar-refractivity contribution in [2.75, 3.05) is 36.8 Å². The third kappa shape index (κ3) is 6.78. The lowest BCUT2D eigenvalue weighted by Gasteiger charge is -2.41. The molecule has 4 rings (SSSR count). The molecule has 0 atom stereocenters. The molecule has 0 aromatic heterocycles. The Balaban J connectivity index is 1.17. The summed E-state index contributed by atoms with van der Waals surface area (Å²) in [7, 11) is -3.00. The van der Waals surface area contributed by atoms with Crippen molar-refractivity contribution in [1.82, 2.24) is 4.90 Å². The van der Waals surface area contributed by atoms with Gasteiger partial charge in [0.1, 0.15) is 0 Å². The lowest BCUT2D eigenvalue weighted by molar-refractivity contribution is 0.148. The van der Waals surface area contributed by atoms with E-state index in [2.05, 4.69) is 34.1 Å². The van der Waals surface area contributed by atoms with Crippen molar-refractivity contribution >= 4 is 15.5 Å². The summed E-state index contributed by atoms with van der Waals surface area (Å²) in [6.07, 6.45) is 14.0. The molecule has 1 aromatic carbocycles. The summed E-state index contributed by atoms with van der Waals surface area (Å²) >= 11 is 0. The number of piperazine rings is 1. The minimum Gasteiger partial charge on any atom is -0.369 e. The van der Waals surface area contributed by atoms with Crippen LogP contribution in [-0.2, 0) is 16.3 Å². The molecule has 2 aliphatic carbocycles. The molecule has 0 radical (unpaired) electrons. The number of hydrogen-bond acceptors (Lipinski definition) is 4. The van der Waals surface area contributed by atoms with Gasteiger partial charge in [-0.3, -0.25) is 4.90 Å². The van der Waals surface area contributed by atoms with E-state index in [-0.39, 0.29) is 0 Å². The van der Waals surface area contributed by atoms with E-state index in [1.54, 1.807) is 0 Å². The first kappa shape index (κ1) is 26.0. The Labute approximate surface area is 209 Å². The predicted molar refractivity (Wildman–Crippen MR) is 144 cm³/mol. The minimum atomic E-state index is -3.00. The van der Waals surface area contributed by atoms with E-state index in [9.17, 15) is 8.42 Å². The summed E-state index contributed by atoms with van der Waals surface area (Å²) in [4.78, 5) is 5.31. The Kier molecular flexibility index (Phi) is 8.66. The van der Waals surface area contributed by atoms with E-state index in [1.165, 1.54) is 75.7 Å². The van der Waals surface area contributed by atoms with E-state index < -0.39 is 14.6 Å². The highest BCUT2D eigenvalue weighted by Gasteiger charge is 2.33. The van der Waals surface area contributed by atoms with Crippen LogP contribution in [0.25, 0.3) is 0 Å². The number of rotatable bonds is 7. The lowest BCUT2D eigenvalue weighted by Crippen LogP contribution is -2.50. The molecule has 3 fully saturated rings. The van der Waals surface area contributed by atoms with Crippen LogP contribution in [0, 0.1) is 11.8 Å². The van der Waals surface area contributed by atoms with Crippen molar-refractivity contribution in [3.63, 3.8) is 0 Å². The summed E-state index contributed by atoms with van der Waals surface area (Å²) < 4.78 is 24.4. The Morgan fingerprint density at radius 2 is 1.38 bits per heavy atom. The van der Waals surface area contributed by atoms with Crippen LogP contribution < -0.4 is 4.90 Å². The van der Waals surface area contributed by atoms with Crippen LogP contribution in [0.4, 0.5) is 5.69 Å². The average molecular weight is 489 g/mol. The Morgan fingerprint density at radius 3 is 1.97 bits per heavy atom. The molecule has 0 N–H and O–H groups in total. The molecule has 3 aliphatic rings. The molecular formula is C29H48N2O2S. The van der Waals surface area contributed by atoms with Gasteiger partial charge in [0.15, 0.2) is 9.84 Å². The molecule has 192 valence electrons. The van der Waals surface area contributed by atoms with Crippen molar-refractivity contribution in [3.05, 3.63) is 29.8 Å². The van der Waals surface area contributed by atoms with Gasteiger partial charge in [-0.25, -0.2) is 8.42 Å². The first-order chi connectivity index (χ1) is 16.2. The van der Waals surface area contributed by atoms with Crippen molar-refractivity contribution in [1.29, 1.82) is 0 Å². The fourth-order valence-electron chi connectivity index (χ4n) is 6.28. The first-order valence-corrected chi connectivity index (χ1v) is 15.7. The molecule has 5 heteroatoms. The van der Waals surface area contributed by atoms with Crippen molar-refractivity contribution in [2.45, 2.75) is 102 Å². The van der Waals surface area contributed by atoms with Crippen LogP contribution in [0.15, 0.2) is 24.3 Å². The van der Waals surface area contributed by atoms with Crippen molar-refractivity contribution < 1.29 is 8.42 Å². The maximum Gasteiger partial charge on any atom is 0.155 e. The Morgan fingerprint density at radius 1 is 0.794 bits per heavy atom. The normalized spacial score (nSPS) is 26.0. The fraction of sp³-hybridized carbons (Fsp3) is 0.793. The van der Waals surface area contributed by atoms with Gasteiger partial charge in [0.25, 0.3) is 0 Å². The monoisotopic (exact) mass is 488 g/mol. The smallest absolute Gasteiger partial charge is 0.155 e. The Bertz CT molecular complexity index is 852. The average Bonchev–Trinajstić information content (AvgIpc) is 2.84. The second kappa shape index (κ2) is 11.3. The molecule has 0 unspecified atom stereocenters. The lowest BCUT2D eigenvalue weighted by atomic mass is 9.80. The quantitative estimate of drug-likeness (QED) is 0.465. The van der Waals surface area contributed by atoms with Crippen LogP contribution in [0.3, 0.4) is 0 Å². The molecule has 2 saturated carbocycles. The predicted octanol–water partition coefficient (Wildman–Crippen LogP) is 6.09. The van der Waals surface area contributed by atoms with E-state index >= 15 is 0 Å². The molecule has 0 bridgehead atoms.